The monoisotopic (exact) mass is 490 g/mol. The number of carbonyl (C=O) groups is 1. The lowest BCUT2D eigenvalue weighted by atomic mass is 9.79. The highest BCUT2D eigenvalue weighted by Crippen LogP contribution is 2.35. The van der Waals surface area contributed by atoms with Crippen molar-refractivity contribution < 1.29 is 9.53 Å². The van der Waals surface area contributed by atoms with Crippen LogP contribution in [0.5, 0.6) is 0 Å². The first-order valence-electron chi connectivity index (χ1n) is 12.5. The van der Waals surface area contributed by atoms with Crippen LogP contribution in [0.15, 0.2) is 54.9 Å². The number of ether oxygens (including phenoxy) is 1. The molecule has 0 saturated heterocycles. The molecule has 184 valence electrons. The maximum atomic E-state index is 12.9. The van der Waals surface area contributed by atoms with E-state index in [0.717, 1.165) is 52.1 Å². The van der Waals surface area contributed by atoms with Crippen molar-refractivity contribution in [2.24, 2.45) is 0 Å². The topological polar surface area (TPSA) is 114 Å². The minimum Gasteiger partial charge on any atom is -0.375 e. The zero-order chi connectivity index (χ0) is 25.4. The van der Waals surface area contributed by atoms with E-state index in [1.54, 1.807) is 18.3 Å². The minimum atomic E-state index is -0.768. The molecule has 1 saturated carbocycles. The van der Waals surface area contributed by atoms with Gasteiger partial charge in [0.15, 0.2) is 0 Å². The van der Waals surface area contributed by atoms with Crippen LogP contribution in [0, 0.1) is 11.3 Å². The van der Waals surface area contributed by atoms with Crippen LogP contribution in [-0.4, -0.2) is 32.4 Å². The van der Waals surface area contributed by atoms with Crippen molar-refractivity contribution in [1.29, 1.82) is 5.26 Å². The van der Waals surface area contributed by atoms with E-state index < -0.39 is 5.41 Å². The predicted octanol–water partition coefficient (Wildman–Crippen LogP) is 4.60. The number of pyridine rings is 2. The molecule has 1 amide bonds. The molecule has 4 aromatic rings. The average molecular weight is 491 g/mol. The van der Waals surface area contributed by atoms with Gasteiger partial charge in [-0.3, -0.25) is 9.78 Å². The van der Waals surface area contributed by atoms with Gasteiger partial charge in [-0.1, -0.05) is 12.5 Å². The van der Waals surface area contributed by atoms with E-state index in [-0.39, 0.29) is 12.5 Å². The molecular weight excluding hydrogens is 464 g/mol. The second kappa shape index (κ2) is 9.34. The summed E-state index contributed by atoms with van der Waals surface area (Å²) >= 11 is 0. The maximum Gasteiger partial charge on any atom is 0.251 e. The van der Waals surface area contributed by atoms with Crippen molar-refractivity contribution in [1.82, 2.24) is 25.3 Å². The van der Waals surface area contributed by atoms with E-state index in [1.807, 2.05) is 43.5 Å². The Labute approximate surface area is 214 Å². The highest BCUT2D eigenvalue weighted by atomic mass is 16.5. The van der Waals surface area contributed by atoms with Crippen LogP contribution in [0.1, 0.15) is 65.1 Å². The van der Waals surface area contributed by atoms with Crippen molar-refractivity contribution in [3.05, 3.63) is 83.1 Å². The lowest BCUT2D eigenvalue weighted by molar-refractivity contribution is 0.0757. The lowest BCUT2D eigenvalue weighted by Crippen LogP contribution is -2.33. The largest absolute Gasteiger partial charge is 0.375 e. The molecule has 0 unspecified atom stereocenters. The number of amides is 1. The SMILES string of the molecule is C[C@@]1(C#N)COCc2ccc(C(=O)NCc3cc4nc(-c5ccnc(C6CCC6)n5)ccc4cn3)cc21. The molecule has 1 N–H and O–H groups in total. The third-order valence-electron chi connectivity index (χ3n) is 7.33. The van der Waals surface area contributed by atoms with Gasteiger partial charge in [-0.2, -0.15) is 5.26 Å². The molecule has 2 aliphatic rings. The molecule has 0 radical (unpaired) electrons. The highest BCUT2D eigenvalue weighted by Gasteiger charge is 2.33. The third kappa shape index (κ3) is 4.43. The molecule has 4 heterocycles. The number of fused-ring (bicyclic) bond motifs is 2. The zero-order valence-electron chi connectivity index (χ0n) is 20.6. The Bertz CT molecular complexity index is 1560. The normalized spacial score (nSPS) is 19.0. The molecule has 3 aromatic heterocycles. The Morgan fingerprint density at radius 1 is 1.14 bits per heavy atom. The number of nitriles is 1. The summed E-state index contributed by atoms with van der Waals surface area (Å²) in [4.78, 5) is 31.5. The third-order valence-corrected chi connectivity index (χ3v) is 7.33. The molecule has 37 heavy (non-hydrogen) atoms. The van der Waals surface area contributed by atoms with E-state index in [1.165, 1.54) is 6.42 Å². The summed E-state index contributed by atoms with van der Waals surface area (Å²) in [7, 11) is 0. The number of hydrogen-bond acceptors (Lipinski definition) is 7. The van der Waals surface area contributed by atoms with E-state index in [0.29, 0.717) is 30.4 Å². The molecule has 1 aromatic carbocycles. The smallest absolute Gasteiger partial charge is 0.251 e. The summed E-state index contributed by atoms with van der Waals surface area (Å²) in [5, 5.41) is 13.5. The van der Waals surface area contributed by atoms with Gasteiger partial charge in [-0.15, -0.1) is 0 Å². The van der Waals surface area contributed by atoms with Gasteiger partial charge < -0.3 is 10.1 Å². The molecule has 1 fully saturated rings. The maximum absolute atomic E-state index is 12.9. The van der Waals surface area contributed by atoms with Crippen LogP contribution in [0.4, 0.5) is 0 Å². The first-order chi connectivity index (χ1) is 18.0. The number of hydrogen-bond donors (Lipinski definition) is 1. The summed E-state index contributed by atoms with van der Waals surface area (Å²) in [6, 6.07) is 15.5. The van der Waals surface area contributed by atoms with Crippen LogP contribution in [0.2, 0.25) is 0 Å². The molecule has 0 bridgehead atoms. The van der Waals surface area contributed by atoms with E-state index in [2.05, 4.69) is 21.4 Å². The fourth-order valence-corrected chi connectivity index (χ4v) is 4.84. The van der Waals surface area contributed by atoms with Crippen molar-refractivity contribution in [2.45, 2.75) is 50.7 Å². The van der Waals surface area contributed by atoms with E-state index >= 15 is 0 Å². The fourth-order valence-electron chi connectivity index (χ4n) is 4.84. The Kier molecular flexibility index (Phi) is 5.85. The van der Waals surface area contributed by atoms with Gasteiger partial charge in [0.2, 0.25) is 0 Å². The second-order valence-corrected chi connectivity index (χ2v) is 9.98. The molecule has 6 rings (SSSR count). The Morgan fingerprint density at radius 2 is 2.00 bits per heavy atom. The summed E-state index contributed by atoms with van der Waals surface area (Å²) < 4.78 is 5.56. The van der Waals surface area contributed by atoms with Crippen LogP contribution in [-0.2, 0) is 23.3 Å². The van der Waals surface area contributed by atoms with Crippen molar-refractivity contribution >= 4 is 16.8 Å². The Balaban J connectivity index is 1.20. The van der Waals surface area contributed by atoms with Gasteiger partial charge in [0.25, 0.3) is 5.91 Å². The number of aromatic nitrogens is 4. The molecule has 1 atom stereocenters. The van der Waals surface area contributed by atoms with Crippen molar-refractivity contribution in [2.75, 3.05) is 6.61 Å². The zero-order valence-corrected chi connectivity index (χ0v) is 20.6. The summed E-state index contributed by atoms with van der Waals surface area (Å²) in [6.45, 7) is 2.86. The van der Waals surface area contributed by atoms with Gasteiger partial charge in [0.05, 0.1) is 48.4 Å². The molecule has 1 aliphatic carbocycles. The van der Waals surface area contributed by atoms with E-state index in [4.69, 9.17) is 14.7 Å². The van der Waals surface area contributed by atoms with Crippen LogP contribution >= 0.6 is 0 Å². The van der Waals surface area contributed by atoms with Gasteiger partial charge >= 0.3 is 0 Å². The standard InChI is InChI=1S/C29H26N6O2/c1-29(16-30)17-37-15-21-6-5-19(11-23(21)29)28(36)33-14-22-12-26-20(13-32-22)7-8-24(34-26)25-9-10-31-27(35-25)18-3-2-4-18/h5-13,18H,2-4,14-15,17H2,1H3,(H,33,36)/t29-/m1/s1. The van der Waals surface area contributed by atoms with Gasteiger partial charge in [-0.05, 0) is 67.3 Å². The first kappa shape index (κ1) is 23.2. The number of nitrogens with zero attached hydrogens (tertiary/aromatic N) is 5. The Hall–Kier alpha value is -4.22. The first-order valence-corrected chi connectivity index (χ1v) is 12.5. The number of nitrogens with one attached hydrogen (secondary N) is 1. The molecule has 1 aliphatic heterocycles. The molecule has 8 nitrogen and oxygen atoms in total. The van der Waals surface area contributed by atoms with Crippen LogP contribution < -0.4 is 5.32 Å². The summed E-state index contributed by atoms with van der Waals surface area (Å²) in [5.41, 5.74) is 4.62. The molecular formula is C29H26N6O2. The fraction of sp³-hybridized carbons (Fsp3) is 0.310. The molecule has 0 spiro atoms. The highest BCUT2D eigenvalue weighted by molar-refractivity contribution is 5.94. The van der Waals surface area contributed by atoms with Crippen LogP contribution in [0.25, 0.3) is 22.3 Å². The Morgan fingerprint density at radius 3 is 2.81 bits per heavy atom. The van der Waals surface area contributed by atoms with E-state index in [9.17, 15) is 10.1 Å². The number of rotatable bonds is 5. The second-order valence-electron chi connectivity index (χ2n) is 9.98. The van der Waals surface area contributed by atoms with Crippen molar-refractivity contribution in [3.8, 4) is 17.5 Å². The summed E-state index contributed by atoms with van der Waals surface area (Å²) in [6.07, 6.45) is 7.10. The average Bonchev–Trinajstić information content (AvgIpc) is 2.90. The predicted molar refractivity (Wildman–Crippen MR) is 137 cm³/mol. The van der Waals surface area contributed by atoms with Gasteiger partial charge in [0, 0.05) is 29.3 Å². The molecule has 8 heteroatoms. The number of benzene rings is 1. The minimum absolute atomic E-state index is 0.220. The van der Waals surface area contributed by atoms with Crippen LogP contribution in [0.3, 0.4) is 0 Å². The summed E-state index contributed by atoms with van der Waals surface area (Å²) in [5.74, 6) is 1.13. The number of carbonyl (C=O) groups excluding carboxylic acids is 1. The van der Waals surface area contributed by atoms with Crippen molar-refractivity contribution in [3.63, 3.8) is 0 Å². The van der Waals surface area contributed by atoms with Gasteiger partial charge in [-0.25, -0.2) is 15.0 Å². The lowest BCUT2D eigenvalue weighted by Gasteiger charge is -2.30. The quantitative estimate of drug-likeness (QED) is 0.435. The van der Waals surface area contributed by atoms with Gasteiger partial charge in [0.1, 0.15) is 11.2 Å².